The summed E-state index contributed by atoms with van der Waals surface area (Å²) in [5.74, 6) is 0.219. The summed E-state index contributed by atoms with van der Waals surface area (Å²) < 4.78 is 1.96. The Hall–Kier alpha value is -1.11. The van der Waals surface area contributed by atoms with Gasteiger partial charge >= 0.3 is 0 Å². The fourth-order valence-electron chi connectivity index (χ4n) is 3.54. The lowest BCUT2D eigenvalue weighted by atomic mass is 10.2. The van der Waals surface area contributed by atoms with Gasteiger partial charge in [-0.1, -0.05) is 24.9 Å². The number of aromatic nitrogens is 2. The number of nitrogens with one attached hydrogen (secondary N) is 3. The SMILES string of the molecule is CCCCn1nc(C)c(C[NH+]2CC[NH+](CC(=O)NC3CC3)CC2)c1Cl. The lowest BCUT2D eigenvalue weighted by Crippen LogP contribution is -3.28. The third-order valence-electron chi connectivity index (χ3n) is 5.35. The molecule has 1 amide bonds. The minimum Gasteiger partial charge on any atom is -0.348 e. The van der Waals surface area contributed by atoms with Crippen molar-refractivity contribution in [1.29, 1.82) is 0 Å². The van der Waals surface area contributed by atoms with E-state index < -0.39 is 0 Å². The zero-order valence-corrected chi connectivity index (χ0v) is 16.3. The summed E-state index contributed by atoms with van der Waals surface area (Å²) >= 11 is 6.57. The van der Waals surface area contributed by atoms with Crippen molar-refractivity contribution in [2.75, 3.05) is 32.7 Å². The highest BCUT2D eigenvalue weighted by Gasteiger charge is 2.29. The molecule has 0 radical (unpaired) electrons. The summed E-state index contributed by atoms with van der Waals surface area (Å²) in [4.78, 5) is 14.9. The van der Waals surface area contributed by atoms with E-state index >= 15 is 0 Å². The van der Waals surface area contributed by atoms with E-state index in [1.54, 1.807) is 4.90 Å². The van der Waals surface area contributed by atoms with Crippen molar-refractivity contribution in [3.63, 3.8) is 0 Å². The lowest BCUT2D eigenvalue weighted by Gasteiger charge is -2.29. The molecule has 2 aliphatic rings. The van der Waals surface area contributed by atoms with Gasteiger partial charge in [-0.05, 0) is 26.2 Å². The second kappa shape index (κ2) is 8.52. The molecular formula is C18H32ClN5O+2. The Balaban J connectivity index is 1.47. The molecule has 2 heterocycles. The Morgan fingerprint density at radius 1 is 1.28 bits per heavy atom. The summed E-state index contributed by atoms with van der Waals surface area (Å²) in [6.45, 7) is 11.0. The Morgan fingerprint density at radius 2 is 1.96 bits per heavy atom. The van der Waals surface area contributed by atoms with Gasteiger partial charge in [-0.25, -0.2) is 0 Å². The van der Waals surface area contributed by atoms with Crippen LogP contribution in [-0.4, -0.2) is 54.5 Å². The van der Waals surface area contributed by atoms with Gasteiger partial charge in [0, 0.05) is 12.6 Å². The first-order valence-electron chi connectivity index (χ1n) is 9.75. The van der Waals surface area contributed by atoms with Crippen LogP contribution in [0.3, 0.4) is 0 Å². The van der Waals surface area contributed by atoms with Crippen LogP contribution in [0.25, 0.3) is 0 Å². The van der Waals surface area contributed by atoms with Crippen molar-refractivity contribution >= 4 is 17.5 Å². The van der Waals surface area contributed by atoms with Gasteiger partial charge in [-0.15, -0.1) is 0 Å². The molecule has 3 N–H and O–H groups in total. The number of hydrogen-bond acceptors (Lipinski definition) is 2. The van der Waals surface area contributed by atoms with E-state index in [0.717, 1.165) is 75.8 Å². The number of carbonyl (C=O) groups excluding carboxylic acids is 1. The summed E-state index contributed by atoms with van der Waals surface area (Å²) in [6, 6.07) is 0.466. The van der Waals surface area contributed by atoms with Gasteiger partial charge in [0.15, 0.2) is 6.54 Å². The van der Waals surface area contributed by atoms with Crippen LogP contribution >= 0.6 is 11.6 Å². The van der Waals surface area contributed by atoms with Crippen LogP contribution in [0.15, 0.2) is 0 Å². The van der Waals surface area contributed by atoms with Crippen LogP contribution in [0.1, 0.15) is 43.9 Å². The zero-order chi connectivity index (χ0) is 17.8. The van der Waals surface area contributed by atoms with Gasteiger partial charge in [-0.3, -0.25) is 9.48 Å². The highest BCUT2D eigenvalue weighted by atomic mass is 35.5. The number of aryl methyl sites for hydroxylation is 2. The van der Waals surface area contributed by atoms with Gasteiger partial charge in [-0.2, -0.15) is 5.10 Å². The van der Waals surface area contributed by atoms with Crippen LogP contribution in [-0.2, 0) is 17.9 Å². The average molecular weight is 370 g/mol. The van der Waals surface area contributed by atoms with Crippen molar-refractivity contribution in [2.24, 2.45) is 0 Å². The predicted octanol–water partition coefficient (Wildman–Crippen LogP) is -0.793. The average Bonchev–Trinajstić information content (AvgIpc) is 3.36. The quantitative estimate of drug-likeness (QED) is 0.562. The topological polar surface area (TPSA) is 55.8 Å². The number of halogens is 1. The number of rotatable bonds is 8. The van der Waals surface area contributed by atoms with Crippen LogP contribution in [0.4, 0.5) is 0 Å². The van der Waals surface area contributed by atoms with E-state index in [0.29, 0.717) is 12.6 Å². The molecule has 1 aromatic rings. The molecule has 0 aromatic carbocycles. The van der Waals surface area contributed by atoms with Crippen LogP contribution in [0.5, 0.6) is 0 Å². The number of piperazine rings is 1. The summed E-state index contributed by atoms with van der Waals surface area (Å²) in [7, 11) is 0. The molecule has 25 heavy (non-hydrogen) atoms. The first-order chi connectivity index (χ1) is 12.1. The molecule has 0 spiro atoms. The molecule has 0 bridgehead atoms. The molecular weight excluding hydrogens is 338 g/mol. The maximum absolute atomic E-state index is 11.9. The third-order valence-corrected chi connectivity index (χ3v) is 5.77. The molecule has 1 aromatic heterocycles. The molecule has 1 saturated heterocycles. The largest absolute Gasteiger partial charge is 0.348 e. The summed E-state index contributed by atoms with van der Waals surface area (Å²) in [5, 5.41) is 8.52. The van der Waals surface area contributed by atoms with E-state index in [-0.39, 0.29) is 5.91 Å². The highest BCUT2D eigenvalue weighted by Crippen LogP contribution is 2.19. The van der Waals surface area contributed by atoms with Gasteiger partial charge < -0.3 is 15.1 Å². The van der Waals surface area contributed by atoms with Crippen molar-refractivity contribution in [1.82, 2.24) is 15.1 Å². The molecule has 140 valence electrons. The number of nitrogens with zero attached hydrogens (tertiary/aromatic N) is 2. The van der Waals surface area contributed by atoms with Gasteiger partial charge in [0.2, 0.25) is 0 Å². The Bertz CT molecular complexity index is 591. The minimum atomic E-state index is 0.219. The van der Waals surface area contributed by atoms with E-state index in [1.807, 2.05) is 4.68 Å². The maximum Gasteiger partial charge on any atom is 0.275 e. The normalized spacial score (nSPS) is 23.6. The molecule has 2 fully saturated rings. The summed E-state index contributed by atoms with van der Waals surface area (Å²) in [5.41, 5.74) is 2.26. The van der Waals surface area contributed by atoms with E-state index in [2.05, 4.69) is 24.3 Å². The molecule has 3 rings (SSSR count). The van der Waals surface area contributed by atoms with Gasteiger partial charge in [0.25, 0.3) is 5.91 Å². The number of quaternary nitrogens is 2. The molecule has 0 unspecified atom stereocenters. The zero-order valence-electron chi connectivity index (χ0n) is 15.5. The molecule has 6 nitrogen and oxygen atoms in total. The molecule has 0 atom stereocenters. The smallest absolute Gasteiger partial charge is 0.275 e. The van der Waals surface area contributed by atoms with Gasteiger partial charge in [0.1, 0.15) is 37.9 Å². The number of amides is 1. The van der Waals surface area contributed by atoms with Crippen molar-refractivity contribution in [2.45, 2.75) is 58.7 Å². The Kier molecular flexibility index (Phi) is 6.36. The number of carbonyl (C=O) groups is 1. The first kappa shape index (κ1) is 18.7. The van der Waals surface area contributed by atoms with E-state index in [4.69, 9.17) is 11.6 Å². The van der Waals surface area contributed by atoms with E-state index in [1.165, 1.54) is 10.5 Å². The third kappa shape index (κ3) is 5.19. The number of unbranched alkanes of at least 4 members (excludes halogenated alkanes) is 1. The summed E-state index contributed by atoms with van der Waals surface area (Å²) in [6.07, 6.45) is 4.57. The fourth-order valence-corrected chi connectivity index (χ4v) is 3.87. The van der Waals surface area contributed by atoms with E-state index in [9.17, 15) is 4.79 Å². The molecule has 1 saturated carbocycles. The van der Waals surface area contributed by atoms with Crippen LogP contribution in [0.2, 0.25) is 5.15 Å². The maximum atomic E-state index is 11.9. The second-order valence-electron chi connectivity index (χ2n) is 7.63. The monoisotopic (exact) mass is 369 g/mol. The van der Waals surface area contributed by atoms with Crippen molar-refractivity contribution in [3.8, 4) is 0 Å². The second-order valence-corrected chi connectivity index (χ2v) is 7.98. The first-order valence-corrected chi connectivity index (χ1v) is 10.1. The standard InChI is InChI=1S/C18H30ClN5O/c1-3-4-7-24-18(19)16(14(2)21-24)12-22-8-10-23(11-9-22)13-17(25)20-15-5-6-15/h15H,3-13H2,1-2H3,(H,20,25)/p+2. The minimum absolute atomic E-state index is 0.219. The molecule has 1 aliphatic heterocycles. The number of hydrogen-bond donors (Lipinski definition) is 3. The molecule has 1 aliphatic carbocycles. The van der Waals surface area contributed by atoms with Crippen LogP contribution < -0.4 is 15.1 Å². The van der Waals surface area contributed by atoms with Gasteiger partial charge in [0.05, 0.1) is 11.3 Å². The lowest BCUT2D eigenvalue weighted by molar-refractivity contribution is -1.02. The Labute approximate surface area is 155 Å². The Morgan fingerprint density at radius 3 is 2.60 bits per heavy atom. The fraction of sp³-hybridized carbons (Fsp3) is 0.778. The predicted molar refractivity (Wildman–Crippen MR) is 98.0 cm³/mol. The van der Waals surface area contributed by atoms with Crippen molar-refractivity contribution in [3.05, 3.63) is 16.4 Å². The van der Waals surface area contributed by atoms with Crippen molar-refractivity contribution < 1.29 is 14.6 Å². The highest BCUT2D eigenvalue weighted by molar-refractivity contribution is 6.30. The molecule has 7 heteroatoms. The van der Waals surface area contributed by atoms with Crippen LogP contribution in [0, 0.1) is 6.92 Å².